The van der Waals surface area contributed by atoms with E-state index in [0.29, 0.717) is 24.7 Å². The lowest BCUT2D eigenvalue weighted by Gasteiger charge is -2.15. The summed E-state index contributed by atoms with van der Waals surface area (Å²) in [5, 5.41) is 21.0. The van der Waals surface area contributed by atoms with Crippen LogP contribution in [0.3, 0.4) is 0 Å². The molecule has 1 N–H and O–H groups in total. The second-order valence-electron chi connectivity index (χ2n) is 4.00. The van der Waals surface area contributed by atoms with Crippen LogP contribution in [0.25, 0.3) is 0 Å². The van der Waals surface area contributed by atoms with Gasteiger partial charge in [-0.25, -0.2) is 4.79 Å². The molecule has 0 aliphatic heterocycles. The van der Waals surface area contributed by atoms with Crippen molar-refractivity contribution in [3.05, 3.63) is 17.7 Å². The van der Waals surface area contributed by atoms with Crippen LogP contribution in [0.1, 0.15) is 24.2 Å². The van der Waals surface area contributed by atoms with Crippen LogP contribution in [0, 0.1) is 22.7 Å². The molecule has 0 atom stereocenters. The van der Waals surface area contributed by atoms with Crippen molar-refractivity contribution in [3.63, 3.8) is 0 Å². The van der Waals surface area contributed by atoms with Crippen LogP contribution in [0.2, 0.25) is 0 Å². The number of esters is 1. The van der Waals surface area contributed by atoms with Gasteiger partial charge in [0.1, 0.15) is 12.1 Å². The monoisotopic (exact) mass is 316 g/mol. The largest absolute Gasteiger partial charge is 0.490 e. The van der Waals surface area contributed by atoms with E-state index in [2.05, 4.69) is 10.5 Å². The molecule has 1 aromatic carbocycles. The number of carbonyl (C=O) groups is 1. The van der Waals surface area contributed by atoms with Gasteiger partial charge in [0.2, 0.25) is 5.71 Å². The first kappa shape index (κ1) is 17.8. The molecule has 0 spiro atoms. The van der Waals surface area contributed by atoms with Gasteiger partial charge in [0.25, 0.3) is 0 Å². The predicted octanol–water partition coefficient (Wildman–Crippen LogP) is 2.09. The van der Waals surface area contributed by atoms with E-state index in [1.807, 2.05) is 0 Å². The van der Waals surface area contributed by atoms with Gasteiger partial charge in [-0.05, 0) is 13.8 Å². The third kappa shape index (κ3) is 4.61. The number of hydrogen-bond donors (Lipinski definition) is 1. The van der Waals surface area contributed by atoms with Gasteiger partial charge in [0.15, 0.2) is 11.5 Å². The van der Waals surface area contributed by atoms with Crippen molar-refractivity contribution in [2.75, 3.05) is 25.7 Å². The maximum atomic E-state index is 11.9. The molecule has 0 radical (unpaired) electrons. The molecule has 0 bridgehead atoms. The summed E-state index contributed by atoms with van der Waals surface area (Å²) in [5.74, 6) is 0.155. The number of nitrogens with zero attached hydrogens (tertiary/aromatic N) is 3. The third-order valence-corrected chi connectivity index (χ3v) is 2.59. The van der Waals surface area contributed by atoms with E-state index in [9.17, 15) is 4.79 Å². The zero-order valence-corrected chi connectivity index (χ0v) is 13.0. The van der Waals surface area contributed by atoms with E-state index in [1.165, 1.54) is 19.2 Å². The number of hydrazone groups is 1. The zero-order chi connectivity index (χ0) is 17.2. The van der Waals surface area contributed by atoms with Crippen molar-refractivity contribution in [2.24, 2.45) is 5.10 Å². The molecule has 0 aromatic heterocycles. The minimum atomic E-state index is -0.623. The van der Waals surface area contributed by atoms with Crippen molar-refractivity contribution in [3.8, 4) is 23.6 Å². The van der Waals surface area contributed by atoms with Crippen LogP contribution in [0.5, 0.6) is 11.5 Å². The molecule has 0 saturated heterocycles. The lowest BCUT2D eigenvalue weighted by molar-refractivity contribution is 0.0601. The number of anilines is 1. The third-order valence-electron chi connectivity index (χ3n) is 2.59. The smallest absolute Gasteiger partial charge is 0.340 e. The number of hydrogen-bond acceptors (Lipinski definition) is 8. The Hall–Kier alpha value is -3.26. The van der Waals surface area contributed by atoms with Crippen LogP contribution < -0.4 is 14.9 Å². The molecule has 0 aliphatic carbocycles. The number of carbonyl (C=O) groups excluding carboxylic acids is 1. The summed E-state index contributed by atoms with van der Waals surface area (Å²) < 4.78 is 15.6. The highest BCUT2D eigenvalue weighted by atomic mass is 16.5. The summed E-state index contributed by atoms with van der Waals surface area (Å²) in [7, 11) is 1.24. The number of methoxy groups -OCH3 is 1. The lowest BCUT2D eigenvalue weighted by atomic mass is 10.1. The fourth-order valence-electron chi connectivity index (χ4n) is 1.66. The van der Waals surface area contributed by atoms with Gasteiger partial charge in [-0.1, -0.05) is 0 Å². The molecule has 23 heavy (non-hydrogen) atoms. The van der Waals surface area contributed by atoms with E-state index in [1.54, 1.807) is 26.0 Å². The highest BCUT2D eigenvalue weighted by Crippen LogP contribution is 2.34. The van der Waals surface area contributed by atoms with Crippen LogP contribution in [-0.4, -0.2) is 32.0 Å². The zero-order valence-electron chi connectivity index (χ0n) is 13.0. The first-order chi connectivity index (χ1) is 11.1. The van der Waals surface area contributed by atoms with Gasteiger partial charge in [-0.15, -0.1) is 0 Å². The first-order valence-corrected chi connectivity index (χ1v) is 6.77. The molecular weight excluding hydrogens is 300 g/mol. The quantitative estimate of drug-likeness (QED) is 0.465. The Morgan fingerprint density at radius 2 is 1.74 bits per heavy atom. The molecule has 1 aromatic rings. The SMILES string of the molecule is CCOc1cc(NN=C(C#N)C#N)c(C(=O)OC)cc1OCC. The number of rotatable bonds is 7. The van der Waals surface area contributed by atoms with E-state index in [4.69, 9.17) is 24.7 Å². The average molecular weight is 316 g/mol. The summed E-state index contributed by atoms with van der Waals surface area (Å²) >= 11 is 0. The van der Waals surface area contributed by atoms with Crippen LogP contribution in [-0.2, 0) is 4.74 Å². The Labute approximate surface area is 133 Å². The molecule has 8 nitrogen and oxygen atoms in total. The maximum Gasteiger partial charge on any atom is 0.340 e. The summed E-state index contributed by atoms with van der Waals surface area (Å²) in [4.78, 5) is 11.9. The fraction of sp³-hybridized carbons (Fsp3) is 0.333. The molecule has 8 heteroatoms. The van der Waals surface area contributed by atoms with Crippen LogP contribution in [0.15, 0.2) is 17.2 Å². The molecule has 0 aliphatic rings. The fourth-order valence-corrected chi connectivity index (χ4v) is 1.66. The minimum absolute atomic E-state index is 0.137. The Bertz CT molecular complexity index is 670. The number of ether oxygens (including phenoxy) is 3. The van der Waals surface area contributed by atoms with Crippen molar-refractivity contribution in [1.82, 2.24) is 0 Å². The first-order valence-electron chi connectivity index (χ1n) is 6.77. The number of nitriles is 2. The van der Waals surface area contributed by atoms with E-state index >= 15 is 0 Å². The maximum absolute atomic E-state index is 11.9. The molecule has 120 valence electrons. The van der Waals surface area contributed by atoms with E-state index in [0.717, 1.165) is 0 Å². The molecule has 0 saturated carbocycles. The topological polar surface area (TPSA) is 117 Å². The summed E-state index contributed by atoms with van der Waals surface area (Å²) in [6.45, 7) is 4.38. The van der Waals surface area contributed by atoms with E-state index < -0.39 is 5.97 Å². The normalized spacial score (nSPS) is 9.09. The molecule has 0 fully saturated rings. The standard InChI is InChI=1S/C15H16N4O4/c1-4-22-13-6-11(15(20)21-3)12(7-14(13)23-5-2)19-18-10(8-16)9-17/h6-7,19H,4-5H2,1-3H3. The summed E-state index contributed by atoms with van der Waals surface area (Å²) in [6, 6.07) is 6.17. The van der Waals surface area contributed by atoms with Crippen LogP contribution in [0.4, 0.5) is 5.69 Å². The van der Waals surface area contributed by atoms with Crippen LogP contribution >= 0.6 is 0 Å². The van der Waals surface area contributed by atoms with Gasteiger partial charge in [-0.2, -0.15) is 15.6 Å². The van der Waals surface area contributed by atoms with Crippen molar-refractivity contribution in [1.29, 1.82) is 10.5 Å². The van der Waals surface area contributed by atoms with Crippen molar-refractivity contribution < 1.29 is 19.0 Å². The Morgan fingerprint density at radius 3 is 2.22 bits per heavy atom. The second-order valence-corrected chi connectivity index (χ2v) is 4.00. The van der Waals surface area contributed by atoms with Gasteiger partial charge in [0.05, 0.1) is 31.6 Å². The second kappa shape index (κ2) is 8.90. The van der Waals surface area contributed by atoms with Crippen molar-refractivity contribution in [2.45, 2.75) is 13.8 Å². The highest BCUT2D eigenvalue weighted by molar-refractivity contribution is 6.10. The molecular formula is C15H16N4O4. The Morgan fingerprint density at radius 1 is 1.17 bits per heavy atom. The van der Waals surface area contributed by atoms with Gasteiger partial charge in [-0.3, -0.25) is 5.43 Å². The van der Waals surface area contributed by atoms with Crippen molar-refractivity contribution >= 4 is 17.4 Å². The predicted molar refractivity (Wildman–Crippen MR) is 82.4 cm³/mol. The average Bonchev–Trinajstić information content (AvgIpc) is 2.57. The van der Waals surface area contributed by atoms with E-state index in [-0.39, 0.29) is 17.0 Å². The number of nitrogens with one attached hydrogen (secondary N) is 1. The molecule has 1 rings (SSSR count). The molecule has 0 unspecified atom stereocenters. The Balaban J connectivity index is 3.37. The highest BCUT2D eigenvalue weighted by Gasteiger charge is 2.18. The summed E-state index contributed by atoms with van der Waals surface area (Å²) in [5.41, 5.74) is 2.49. The lowest BCUT2D eigenvalue weighted by Crippen LogP contribution is -2.09. The van der Waals surface area contributed by atoms with Gasteiger partial charge < -0.3 is 14.2 Å². The van der Waals surface area contributed by atoms with Gasteiger partial charge >= 0.3 is 5.97 Å². The summed E-state index contributed by atoms with van der Waals surface area (Å²) in [6.07, 6.45) is 0. The van der Waals surface area contributed by atoms with Gasteiger partial charge in [0, 0.05) is 12.1 Å². The molecule has 0 heterocycles. The molecule has 0 amide bonds. The number of benzene rings is 1. The minimum Gasteiger partial charge on any atom is -0.490 e. The Kier molecular flexibility index (Phi) is 6.89.